The monoisotopic (exact) mass is 226 g/mol. The first kappa shape index (κ1) is 12.3. The van der Waals surface area contributed by atoms with Gasteiger partial charge in [0.15, 0.2) is 0 Å². The molecule has 0 spiro atoms. The highest BCUT2D eigenvalue weighted by molar-refractivity contribution is 5.05. The molecule has 0 bridgehead atoms. The van der Waals surface area contributed by atoms with Crippen LogP contribution in [0.1, 0.15) is 27.7 Å². The molecule has 3 nitrogen and oxygen atoms in total. The van der Waals surface area contributed by atoms with Gasteiger partial charge < -0.3 is 10.1 Å². The zero-order valence-corrected chi connectivity index (χ0v) is 11.1. The van der Waals surface area contributed by atoms with Crippen molar-refractivity contribution in [2.45, 2.75) is 39.3 Å². The zero-order valence-electron chi connectivity index (χ0n) is 11.1. The summed E-state index contributed by atoms with van der Waals surface area (Å²) in [6, 6.07) is 0.542. The highest BCUT2D eigenvalue weighted by atomic mass is 16.5. The molecule has 0 saturated carbocycles. The van der Waals surface area contributed by atoms with Gasteiger partial charge >= 0.3 is 0 Å². The Labute approximate surface area is 99.5 Å². The van der Waals surface area contributed by atoms with Crippen LogP contribution in [0.4, 0.5) is 0 Å². The minimum Gasteiger partial charge on any atom is -0.380 e. The molecule has 94 valence electrons. The predicted molar refractivity (Wildman–Crippen MR) is 66.6 cm³/mol. The van der Waals surface area contributed by atoms with Gasteiger partial charge in [0.25, 0.3) is 0 Å². The van der Waals surface area contributed by atoms with E-state index in [1.807, 2.05) is 0 Å². The second kappa shape index (κ2) is 4.63. The van der Waals surface area contributed by atoms with Crippen LogP contribution < -0.4 is 5.32 Å². The highest BCUT2D eigenvalue weighted by Crippen LogP contribution is 2.41. The molecule has 2 rings (SSSR count). The molecule has 2 saturated heterocycles. The van der Waals surface area contributed by atoms with Gasteiger partial charge in [0.2, 0.25) is 0 Å². The molecule has 2 aliphatic rings. The summed E-state index contributed by atoms with van der Waals surface area (Å²) in [6.45, 7) is 14.5. The molecule has 0 aliphatic carbocycles. The lowest BCUT2D eigenvalue weighted by atomic mass is 9.84. The molecule has 3 unspecified atom stereocenters. The molecule has 0 aromatic heterocycles. The van der Waals surface area contributed by atoms with Crippen LogP contribution in [0.25, 0.3) is 0 Å². The van der Waals surface area contributed by atoms with Gasteiger partial charge in [-0.15, -0.1) is 0 Å². The standard InChI is InChI=1S/C13H26N2O/c1-5-16-9-10(2)15-8-11-6-14-7-12(11)13(15,3)4/h10-12,14H,5-9H2,1-4H3. The van der Waals surface area contributed by atoms with E-state index in [4.69, 9.17) is 4.74 Å². The molecule has 3 heteroatoms. The van der Waals surface area contributed by atoms with Crippen LogP contribution in [0.2, 0.25) is 0 Å². The smallest absolute Gasteiger partial charge is 0.0619 e. The number of fused-ring (bicyclic) bond motifs is 1. The van der Waals surface area contributed by atoms with Gasteiger partial charge in [-0.3, -0.25) is 4.90 Å². The van der Waals surface area contributed by atoms with E-state index in [1.165, 1.54) is 19.6 Å². The fourth-order valence-electron chi connectivity index (χ4n) is 3.58. The van der Waals surface area contributed by atoms with Gasteiger partial charge in [-0.25, -0.2) is 0 Å². The molecule has 0 aromatic rings. The Balaban J connectivity index is 2.00. The number of likely N-dealkylation sites (tertiary alicyclic amines) is 1. The maximum atomic E-state index is 5.57. The van der Waals surface area contributed by atoms with Crippen LogP contribution in [0, 0.1) is 11.8 Å². The Bertz CT molecular complexity index is 242. The normalized spacial score (nSPS) is 35.2. The first-order valence-corrected chi connectivity index (χ1v) is 6.62. The summed E-state index contributed by atoms with van der Waals surface area (Å²) in [5.74, 6) is 1.66. The average Bonchev–Trinajstić information content (AvgIpc) is 2.78. The van der Waals surface area contributed by atoms with Gasteiger partial charge in [0.1, 0.15) is 0 Å². The Morgan fingerprint density at radius 1 is 1.44 bits per heavy atom. The van der Waals surface area contributed by atoms with Gasteiger partial charge in [0, 0.05) is 31.3 Å². The maximum absolute atomic E-state index is 5.57. The summed E-state index contributed by atoms with van der Waals surface area (Å²) in [5, 5.41) is 3.52. The number of nitrogens with zero attached hydrogens (tertiary/aromatic N) is 1. The van der Waals surface area contributed by atoms with Crippen LogP contribution in [0.5, 0.6) is 0 Å². The fraction of sp³-hybridized carbons (Fsp3) is 1.00. The Hall–Kier alpha value is -0.120. The average molecular weight is 226 g/mol. The van der Waals surface area contributed by atoms with Crippen molar-refractivity contribution in [2.75, 3.05) is 32.8 Å². The summed E-state index contributed by atoms with van der Waals surface area (Å²) in [4.78, 5) is 2.65. The molecule has 2 aliphatic heterocycles. The predicted octanol–water partition coefficient (Wildman–Crippen LogP) is 1.34. The van der Waals surface area contributed by atoms with Crippen molar-refractivity contribution in [3.05, 3.63) is 0 Å². The van der Waals surface area contributed by atoms with E-state index in [0.29, 0.717) is 11.6 Å². The molecular weight excluding hydrogens is 200 g/mol. The first-order chi connectivity index (χ1) is 7.57. The number of nitrogens with one attached hydrogen (secondary N) is 1. The van der Waals surface area contributed by atoms with Crippen LogP contribution >= 0.6 is 0 Å². The van der Waals surface area contributed by atoms with E-state index in [9.17, 15) is 0 Å². The summed E-state index contributed by atoms with van der Waals surface area (Å²) < 4.78 is 5.57. The number of ether oxygens (including phenoxy) is 1. The third-order valence-corrected chi connectivity index (χ3v) is 4.51. The van der Waals surface area contributed by atoms with Crippen LogP contribution in [-0.4, -0.2) is 49.3 Å². The van der Waals surface area contributed by atoms with E-state index < -0.39 is 0 Å². The first-order valence-electron chi connectivity index (χ1n) is 6.62. The van der Waals surface area contributed by atoms with Gasteiger partial charge in [0.05, 0.1) is 6.61 Å². The summed E-state index contributed by atoms with van der Waals surface area (Å²) >= 11 is 0. The number of hydrogen-bond acceptors (Lipinski definition) is 3. The van der Waals surface area contributed by atoms with E-state index in [1.54, 1.807) is 0 Å². The van der Waals surface area contributed by atoms with Crippen molar-refractivity contribution in [1.82, 2.24) is 10.2 Å². The summed E-state index contributed by atoms with van der Waals surface area (Å²) in [6.07, 6.45) is 0. The van der Waals surface area contributed by atoms with Crippen molar-refractivity contribution in [1.29, 1.82) is 0 Å². The van der Waals surface area contributed by atoms with Gasteiger partial charge in [-0.05, 0) is 46.1 Å². The summed E-state index contributed by atoms with van der Waals surface area (Å²) in [7, 11) is 0. The fourth-order valence-corrected chi connectivity index (χ4v) is 3.58. The molecule has 0 amide bonds. The third-order valence-electron chi connectivity index (χ3n) is 4.51. The Morgan fingerprint density at radius 3 is 2.81 bits per heavy atom. The highest BCUT2D eigenvalue weighted by Gasteiger charge is 2.50. The minimum absolute atomic E-state index is 0.324. The van der Waals surface area contributed by atoms with Crippen molar-refractivity contribution in [3.63, 3.8) is 0 Å². The molecule has 0 aromatic carbocycles. The topological polar surface area (TPSA) is 24.5 Å². The quantitative estimate of drug-likeness (QED) is 0.783. The van der Waals surface area contributed by atoms with Crippen molar-refractivity contribution in [2.24, 2.45) is 11.8 Å². The summed E-state index contributed by atoms with van der Waals surface area (Å²) in [5.41, 5.74) is 0.324. The molecular formula is C13H26N2O. The Kier molecular flexibility index (Phi) is 3.57. The molecule has 3 atom stereocenters. The second-order valence-corrected chi connectivity index (χ2v) is 5.84. The SMILES string of the molecule is CCOCC(C)N1CC2CNCC2C1(C)C. The minimum atomic E-state index is 0.324. The third kappa shape index (κ3) is 2.01. The molecule has 16 heavy (non-hydrogen) atoms. The van der Waals surface area contributed by atoms with Gasteiger partial charge in [-0.1, -0.05) is 0 Å². The van der Waals surface area contributed by atoms with Crippen molar-refractivity contribution >= 4 is 0 Å². The van der Waals surface area contributed by atoms with Crippen molar-refractivity contribution in [3.8, 4) is 0 Å². The van der Waals surface area contributed by atoms with Crippen LogP contribution in [0.15, 0.2) is 0 Å². The zero-order chi connectivity index (χ0) is 11.8. The number of hydrogen-bond donors (Lipinski definition) is 1. The van der Waals surface area contributed by atoms with Crippen LogP contribution in [0.3, 0.4) is 0 Å². The molecule has 2 heterocycles. The molecule has 2 fully saturated rings. The largest absolute Gasteiger partial charge is 0.380 e. The Morgan fingerprint density at radius 2 is 2.19 bits per heavy atom. The van der Waals surface area contributed by atoms with Crippen LogP contribution in [-0.2, 0) is 4.74 Å². The lowest BCUT2D eigenvalue weighted by Gasteiger charge is -2.39. The molecule has 1 N–H and O–H groups in total. The second-order valence-electron chi connectivity index (χ2n) is 5.84. The molecule has 0 radical (unpaired) electrons. The maximum Gasteiger partial charge on any atom is 0.0619 e. The lowest BCUT2D eigenvalue weighted by molar-refractivity contribution is 0.0316. The van der Waals surface area contributed by atoms with Gasteiger partial charge in [-0.2, -0.15) is 0 Å². The van der Waals surface area contributed by atoms with E-state index in [2.05, 4.69) is 37.9 Å². The van der Waals surface area contributed by atoms with E-state index in [-0.39, 0.29) is 0 Å². The van der Waals surface area contributed by atoms with E-state index in [0.717, 1.165) is 25.0 Å². The van der Waals surface area contributed by atoms with E-state index >= 15 is 0 Å². The number of rotatable bonds is 4. The van der Waals surface area contributed by atoms with Crippen molar-refractivity contribution < 1.29 is 4.74 Å². The lowest BCUT2D eigenvalue weighted by Crippen LogP contribution is -2.50.